The second-order valence-electron chi connectivity index (χ2n) is 4.33. The fraction of sp³-hybridized carbons (Fsp3) is 0.600. The van der Waals surface area contributed by atoms with Gasteiger partial charge in [-0.3, -0.25) is 0 Å². The average molecular weight is 290 g/mol. The summed E-state index contributed by atoms with van der Waals surface area (Å²) in [5.41, 5.74) is 5.48. The molecule has 1 rings (SSSR count). The molecule has 0 amide bonds. The average Bonchev–Trinajstić information content (AvgIpc) is 2.59. The molecule has 1 heterocycles. The van der Waals surface area contributed by atoms with E-state index < -0.39 is 10.0 Å². The zero-order valence-electron chi connectivity index (χ0n) is 10.9. The highest BCUT2D eigenvalue weighted by Crippen LogP contribution is 2.14. The Bertz CT molecular complexity index is 531. The largest absolute Gasteiger partial charge is 0.393 e. The minimum absolute atomic E-state index is 0.0418. The SMILES string of the molecule is Cc1nc(S(=O)(=O)N(C)CC(C)C(N)=S)cn1C. The van der Waals surface area contributed by atoms with Crippen LogP contribution in [0.3, 0.4) is 0 Å². The van der Waals surface area contributed by atoms with Crippen LogP contribution in [0.25, 0.3) is 0 Å². The van der Waals surface area contributed by atoms with Crippen molar-refractivity contribution < 1.29 is 8.42 Å². The van der Waals surface area contributed by atoms with Crippen molar-refractivity contribution in [3.63, 3.8) is 0 Å². The third-order valence-electron chi connectivity index (χ3n) is 2.78. The fourth-order valence-corrected chi connectivity index (χ4v) is 2.74. The lowest BCUT2D eigenvalue weighted by Gasteiger charge is -2.19. The van der Waals surface area contributed by atoms with E-state index in [1.54, 1.807) is 25.5 Å². The van der Waals surface area contributed by atoms with Gasteiger partial charge >= 0.3 is 0 Å². The molecule has 0 radical (unpaired) electrons. The van der Waals surface area contributed by atoms with Crippen molar-refractivity contribution in [1.82, 2.24) is 13.9 Å². The van der Waals surface area contributed by atoms with E-state index >= 15 is 0 Å². The third-order valence-corrected chi connectivity index (χ3v) is 4.88. The number of nitrogens with zero attached hydrogens (tertiary/aromatic N) is 3. The molecule has 0 aliphatic heterocycles. The summed E-state index contributed by atoms with van der Waals surface area (Å²) in [5, 5.41) is 0.0418. The van der Waals surface area contributed by atoms with Gasteiger partial charge in [0.15, 0.2) is 5.03 Å². The highest BCUT2D eigenvalue weighted by atomic mass is 32.2. The van der Waals surface area contributed by atoms with Crippen LogP contribution in [0.15, 0.2) is 11.2 Å². The third kappa shape index (κ3) is 3.06. The molecule has 1 aromatic heterocycles. The van der Waals surface area contributed by atoms with E-state index in [1.807, 2.05) is 0 Å². The number of imidazole rings is 1. The summed E-state index contributed by atoms with van der Waals surface area (Å²) in [4.78, 5) is 4.32. The molecule has 0 aromatic carbocycles. The van der Waals surface area contributed by atoms with E-state index in [-0.39, 0.29) is 17.5 Å². The Morgan fingerprint density at radius 2 is 2.22 bits per heavy atom. The number of thiocarbonyl (C=S) groups is 1. The first-order chi connectivity index (χ1) is 8.16. The van der Waals surface area contributed by atoms with Gasteiger partial charge in [0.25, 0.3) is 10.0 Å². The van der Waals surface area contributed by atoms with Gasteiger partial charge in [0.05, 0.1) is 4.99 Å². The van der Waals surface area contributed by atoms with Gasteiger partial charge in [0.1, 0.15) is 5.82 Å². The predicted molar refractivity (Wildman–Crippen MR) is 73.7 cm³/mol. The Balaban J connectivity index is 2.96. The van der Waals surface area contributed by atoms with Crippen molar-refractivity contribution in [1.29, 1.82) is 0 Å². The minimum atomic E-state index is -3.58. The van der Waals surface area contributed by atoms with Gasteiger partial charge in [-0.2, -0.15) is 4.31 Å². The van der Waals surface area contributed by atoms with Crippen LogP contribution in [-0.2, 0) is 17.1 Å². The molecule has 0 aliphatic carbocycles. The molecule has 1 atom stereocenters. The quantitative estimate of drug-likeness (QED) is 0.787. The van der Waals surface area contributed by atoms with Gasteiger partial charge in [0.2, 0.25) is 0 Å². The Morgan fingerprint density at radius 1 is 1.67 bits per heavy atom. The summed E-state index contributed by atoms with van der Waals surface area (Å²) in [5.74, 6) is 0.467. The zero-order chi connectivity index (χ0) is 14.1. The van der Waals surface area contributed by atoms with Gasteiger partial charge in [-0.15, -0.1) is 0 Å². The number of nitrogens with two attached hydrogens (primary N) is 1. The van der Waals surface area contributed by atoms with E-state index in [9.17, 15) is 8.42 Å². The maximum absolute atomic E-state index is 12.2. The number of aromatic nitrogens is 2. The van der Waals surface area contributed by atoms with Crippen molar-refractivity contribution in [3.05, 3.63) is 12.0 Å². The standard InChI is InChI=1S/C10H18N4O2S2/c1-7(10(11)17)5-14(4)18(15,16)9-6-13(3)8(2)12-9/h6-7H,5H2,1-4H3,(H2,11,17). The zero-order valence-corrected chi connectivity index (χ0v) is 12.5. The molecule has 18 heavy (non-hydrogen) atoms. The maximum atomic E-state index is 12.2. The predicted octanol–water partition coefficient (Wildman–Crippen LogP) is 0.271. The Kier molecular flexibility index (Phi) is 4.46. The lowest BCUT2D eigenvalue weighted by atomic mass is 10.2. The number of hydrogen-bond acceptors (Lipinski definition) is 4. The van der Waals surface area contributed by atoms with Crippen molar-refractivity contribution in [2.75, 3.05) is 13.6 Å². The minimum Gasteiger partial charge on any atom is -0.393 e. The smallest absolute Gasteiger partial charge is 0.261 e. The number of aryl methyl sites for hydroxylation is 2. The van der Waals surface area contributed by atoms with Gasteiger partial charge in [-0.25, -0.2) is 13.4 Å². The van der Waals surface area contributed by atoms with Crippen molar-refractivity contribution in [2.24, 2.45) is 18.7 Å². The second-order valence-corrected chi connectivity index (χ2v) is 6.79. The summed E-state index contributed by atoms with van der Waals surface area (Å²) in [6.07, 6.45) is 1.49. The monoisotopic (exact) mass is 290 g/mol. The van der Waals surface area contributed by atoms with E-state index in [4.69, 9.17) is 18.0 Å². The maximum Gasteiger partial charge on any atom is 0.261 e. The van der Waals surface area contributed by atoms with Crippen LogP contribution in [-0.4, -0.2) is 40.9 Å². The molecule has 0 fully saturated rings. The molecular formula is C10H18N4O2S2. The molecule has 6 nitrogen and oxygen atoms in total. The van der Waals surface area contributed by atoms with Gasteiger partial charge in [0, 0.05) is 32.8 Å². The Morgan fingerprint density at radius 3 is 2.61 bits per heavy atom. The van der Waals surface area contributed by atoms with Crippen LogP contribution in [0.4, 0.5) is 0 Å². The van der Waals surface area contributed by atoms with E-state index in [2.05, 4.69) is 4.98 Å². The summed E-state index contributed by atoms with van der Waals surface area (Å²) < 4.78 is 27.3. The molecule has 0 bridgehead atoms. The van der Waals surface area contributed by atoms with Gasteiger partial charge in [-0.1, -0.05) is 19.1 Å². The molecular weight excluding hydrogens is 272 g/mol. The van der Waals surface area contributed by atoms with E-state index in [0.717, 1.165) is 0 Å². The fourth-order valence-electron chi connectivity index (χ4n) is 1.38. The second kappa shape index (κ2) is 5.33. The molecule has 0 saturated carbocycles. The molecule has 0 saturated heterocycles. The molecule has 1 aromatic rings. The lowest BCUT2D eigenvalue weighted by molar-refractivity contribution is 0.443. The van der Waals surface area contributed by atoms with Crippen molar-refractivity contribution >= 4 is 27.2 Å². The number of rotatable bonds is 5. The number of sulfonamides is 1. The van der Waals surface area contributed by atoms with E-state index in [0.29, 0.717) is 10.8 Å². The van der Waals surface area contributed by atoms with Crippen LogP contribution in [0, 0.1) is 12.8 Å². The Labute approximate surface area is 113 Å². The topological polar surface area (TPSA) is 81.2 Å². The summed E-state index contributed by atoms with van der Waals surface area (Å²) >= 11 is 4.84. The van der Waals surface area contributed by atoms with Gasteiger partial charge in [-0.05, 0) is 6.92 Å². The molecule has 0 spiro atoms. The van der Waals surface area contributed by atoms with Gasteiger partial charge < -0.3 is 10.3 Å². The molecule has 8 heteroatoms. The molecule has 0 aliphatic rings. The van der Waals surface area contributed by atoms with Crippen molar-refractivity contribution in [3.8, 4) is 0 Å². The first kappa shape index (κ1) is 15.1. The van der Waals surface area contributed by atoms with Crippen LogP contribution in [0.1, 0.15) is 12.7 Å². The molecule has 1 unspecified atom stereocenters. The number of hydrogen-bond donors (Lipinski definition) is 1. The summed E-state index contributed by atoms with van der Waals surface area (Å²) in [7, 11) is -0.340. The highest BCUT2D eigenvalue weighted by Gasteiger charge is 2.25. The summed E-state index contributed by atoms with van der Waals surface area (Å²) in [6.45, 7) is 3.78. The normalized spacial score (nSPS) is 13.8. The summed E-state index contributed by atoms with van der Waals surface area (Å²) in [6, 6.07) is 0. The van der Waals surface area contributed by atoms with Crippen LogP contribution in [0.2, 0.25) is 0 Å². The molecule has 102 valence electrons. The first-order valence-electron chi connectivity index (χ1n) is 5.42. The first-order valence-corrected chi connectivity index (χ1v) is 7.26. The Hall–Kier alpha value is -0.990. The van der Waals surface area contributed by atoms with Crippen LogP contribution in [0.5, 0.6) is 0 Å². The molecule has 2 N–H and O–H groups in total. The lowest BCUT2D eigenvalue weighted by Crippen LogP contribution is -2.35. The van der Waals surface area contributed by atoms with Crippen molar-refractivity contribution in [2.45, 2.75) is 18.9 Å². The van der Waals surface area contributed by atoms with Crippen LogP contribution < -0.4 is 5.73 Å². The highest BCUT2D eigenvalue weighted by molar-refractivity contribution is 7.89. The van der Waals surface area contributed by atoms with E-state index in [1.165, 1.54) is 17.5 Å². The van der Waals surface area contributed by atoms with Crippen LogP contribution >= 0.6 is 12.2 Å².